The fourth-order valence-electron chi connectivity index (χ4n) is 4.04. The van der Waals surface area contributed by atoms with Crippen molar-refractivity contribution < 1.29 is 4.42 Å². The fourth-order valence-corrected chi connectivity index (χ4v) is 4.04. The Bertz CT molecular complexity index is 899. The summed E-state index contributed by atoms with van der Waals surface area (Å²) >= 11 is 0. The third kappa shape index (κ3) is 4.22. The van der Waals surface area contributed by atoms with Gasteiger partial charge in [0.1, 0.15) is 5.76 Å². The van der Waals surface area contributed by atoms with Crippen molar-refractivity contribution in [2.24, 2.45) is 0 Å². The molecule has 27 heavy (non-hydrogen) atoms. The molecular weight excluding hydrogens is 334 g/mol. The first-order valence-electron chi connectivity index (χ1n) is 9.72. The second kappa shape index (κ2) is 7.97. The van der Waals surface area contributed by atoms with Gasteiger partial charge in [0.2, 0.25) is 0 Å². The summed E-state index contributed by atoms with van der Waals surface area (Å²) in [4.78, 5) is 2.54. The molecule has 2 aromatic heterocycles. The van der Waals surface area contributed by atoms with Crippen molar-refractivity contribution >= 4 is 6.08 Å². The van der Waals surface area contributed by atoms with E-state index in [9.17, 15) is 0 Å². The first-order chi connectivity index (χ1) is 13.2. The number of nitrogens with zero attached hydrogens (tertiary/aromatic N) is 2. The maximum atomic E-state index is 5.42. The van der Waals surface area contributed by atoms with Gasteiger partial charge in [-0.05, 0) is 63.6 Å². The van der Waals surface area contributed by atoms with Gasteiger partial charge < -0.3 is 4.42 Å². The third-order valence-corrected chi connectivity index (χ3v) is 5.40. The molecule has 4 nitrogen and oxygen atoms in total. The van der Waals surface area contributed by atoms with Crippen molar-refractivity contribution in [3.05, 3.63) is 71.4 Å². The smallest absolute Gasteiger partial charge is 0.126 e. The molecule has 4 heteroatoms. The lowest BCUT2D eigenvalue weighted by atomic mass is 9.89. The van der Waals surface area contributed by atoms with Crippen LogP contribution in [0.15, 0.2) is 58.8 Å². The quantitative estimate of drug-likeness (QED) is 0.674. The van der Waals surface area contributed by atoms with Crippen molar-refractivity contribution in [2.45, 2.75) is 32.6 Å². The highest BCUT2D eigenvalue weighted by Gasteiger charge is 2.24. The van der Waals surface area contributed by atoms with E-state index in [0.29, 0.717) is 5.92 Å². The van der Waals surface area contributed by atoms with Crippen molar-refractivity contribution in [1.82, 2.24) is 15.1 Å². The van der Waals surface area contributed by atoms with E-state index in [1.54, 1.807) is 6.26 Å². The number of H-pyrrole nitrogens is 1. The molecule has 1 N–H and O–H groups in total. The molecule has 0 spiro atoms. The first kappa shape index (κ1) is 17.8. The summed E-state index contributed by atoms with van der Waals surface area (Å²) in [6.07, 6.45) is 8.16. The Kier molecular flexibility index (Phi) is 5.26. The Hall–Kier alpha value is -2.59. The number of benzene rings is 1. The van der Waals surface area contributed by atoms with Crippen molar-refractivity contribution in [3.63, 3.8) is 0 Å². The zero-order chi connectivity index (χ0) is 18.6. The van der Waals surface area contributed by atoms with Crippen LogP contribution in [0.3, 0.4) is 0 Å². The van der Waals surface area contributed by atoms with Crippen LogP contribution in [0.25, 0.3) is 17.2 Å². The van der Waals surface area contributed by atoms with Gasteiger partial charge in [-0.25, -0.2) is 0 Å². The summed E-state index contributed by atoms with van der Waals surface area (Å²) in [7, 11) is 0. The van der Waals surface area contributed by atoms with Crippen LogP contribution in [0.2, 0.25) is 0 Å². The highest BCUT2D eigenvalue weighted by Crippen LogP contribution is 2.34. The molecule has 0 atom stereocenters. The van der Waals surface area contributed by atoms with Crippen molar-refractivity contribution in [2.75, 3.05) is 19.6 Å². The van der Waals surface area contributed by atoms with Crippen LogP contribution < -0.4 is 0 Å². The monoisotopic (exact) mass is 361 g/mol. The van der Waals surface area contributed by atoms with E-state index in [-0.39, 0.29) is 0 Å². The summed E-state index contributed by atoms with van der Waals surface area (Å²) in [6, 6.07) is 12.6. The standard InChI is InChI=1S/C23H27N3O/c1-17-5-3-6-20(13-17)22-15-24-25-23(22)19-8-10-26(11-9-19)16-18(2)14-21-7-4-12-27-21/h3-7,12-15,19H,8-11,16H2,1-2H3,(H,24,25). The van der Waals surface area contributed by atoms with E-state index in [2.05, 4.69) is 59.3 Å². The Labute approximate surface area is 160 Å². The number of furan rings is 1. The summed E-state index contributed by atoms with van der Waals surface area (Å²) in [5.41, 5.74) is 6.44. The Balaban J connectivity index is 1.40. The molecule has 140 valence electrons. The van der Waals surface area contributed by atoms with Gasteiger partial charge in [-0.15, -0.1) is 0 Å². The molecule has 0 aliphatic carbocycles. The van der Waals surface area contributed by atoms with E-state index < -0.39 is 0 Å². The summed E-state index contributed by atoms with van der Waals surface area (Å²) in [6.45, 7) is 7.54. The largest absolute Gasteiger partial charge is 0.465 e. The molecular formula is C23H27N3O. The number of likely N-dealkylation sites (tertiary alicyclic amines) is 1. The minimum atomic E-state index is 0.550. The average molecular weight is 361 g/mol. The summed E-state index contributed by atoms with van der Waals surface area (Å²) in [5, 5.41) is 7.64. The fraction of sp³-hybridized carbons (Fsp3) is 0.348. The van der Waals surface area contributed by atoms with Gasteiger partial charge in [-0.2, -0.15) is 5.10 Å². The van der Waals surface area contributed by atoms with E-state index in [0.717, 1.165) is 38.2 Å². The topological polar surface area (TPSA) is 45.1 Å². The van der Waals surface area contributed by atoms with Gasteiger partial charge in [0, 0.05) is 23.7 Å². The number of hydrogen-bond acceptors (Lipinski definition) is 3. The summed E-state index contributed by atoms with van der Waals surface area (Å²) < 4.78 is 5.42. The zero-order valence-electron chi connectivity index (χ0n) is 16.1. The van der Waals surface area contributed by atoms with Gasteiger partial charge in [0.25, 0.3) is 0 Å². The average Bonchev–Trinajstić information content (AvgIpc) is 3.34. The first-order valence-corrected chi connectivity index (χ1v) is 9.72. The van der Waals surface area contributed by atoms with Crippen LogP contribution in [-0.2, 0) is 0 Å². The van der Waals surface area contributed by atoms with E-state index in [1.165, 1.54) is 28.0 Å². The molecule has 1 aliphatic heterocycles. The number of rotatable bonds is 5. The molecule has 0 unspecified atom stereocenters. The Morgan fingerprint density at radius 1 is 1.26 bits per heavy atom. The predicted molar refractivity (Wildman–Crippen MR) is 110 cm³/mol. The van der Waals surface area contributed by atoms with Crippen LogP contribution in [-0.4, -0.2) is 34.7 Å². The number of aromatic nitrogens is 2. The lowest BCUT2D eigenvalue weighted by molar-refractivity contribution is 0.227. The van der Waals surface area contributed by atoms with Crippen LogP contribution in [0, 0.1) is 6.92 Å². The molecule has 0 amide bonds. The van der Waals surface area contributed by atoms with E-state index in [1.807, 2.05) is 18.3 Å². The summed E-state index contributed by atoms with van der Waals surface area (Å²) in [5.74, 6) is 1.48. The molecule has 1 fully saturated rings. The maximum Gasteiger partial charge on any atom is 0.126 e. The Morgan fingerprint density at radius 3 is 2.85 bits per heavy atom. The molecule has 0 bridgehead atoms. The highest BCUT2D eigenvalue weighted by atomic mass is 16.3. The van der Waals surface area contributed by atoms with Gasteiger partial charge in [0.05, 0.1) is 12.5 Å². The maximum absolute atomic E-state index is 5.42. The lowest BCUT2D eigenvalue weighted by Gasteiger charge is -2.32. The number of aryl methyl sites for hydroxylation is 1. The lowest BCUT2D eigenvalue weighted by Crippen LogP contribution is -2.34. The normalized spacial score (nSPS) is 16.7. The van der Waals surface area contributed by atoms with E-state index in [4.69, 9.17) is 4.42 Å². The second-order valence-corrected chi connectivity index (χ2v) is 7.62. The predicted octanol–water partition coefficient (Wildman–Crippen LogP) is 5.26. The van der Waals surface area contributed by atoms with Crippen LogP contribution in [0.4, 0.5) is 0 Å². The number of nitrogens with one attached hydrogen (secondary N) is 1. The van der Waals surface area contributed by atoms with Crippen LogP contribution in [0.1, 0.15) is 42.7 Å². The van der Waals surface area contributed by atoms with Crippen LogP contribution in [0.5, 0.6) is 0 Å². The minimum absolute atomic E-state index is 0.550. The third-order valence-electron chi connectivity index (χ3n) is 5.40. The molecule has 3 heterocycles. The Morgan fingerprint density at radius 2 is 2.11 bits per heavy atom. The van der Waals surface area contributed by atoms with Gasteiger partial charge in [-0.1, -0.05) is 35.4 Å². The molecule has 1 aliphatic rings. The SMILES string of the molecule is CC(=Cc1ccco1)CN1CCC(c2[nH]ncc2-c2cccc(C)c2)CC1. The highest BCUT2D eigenvalue weighted by molar-refractivity contribution is 5.66. The second-order valence-electron chi connectivity index (χ2n) is 7.62. The molecule has 0 saturated carbocycles. The molecule has 1 saturated heterocycles. The minimum Gasteiger partial charge on any atom is -0.465 e. The molecule has 4 rings (SSSR count). The number of hydrogen-bond donors (Lipinski definition) is 1. The molecule has 1 aromatic carbocycles. The van der Waals surface area contributed by atoms with Crippen molar-refractivity contribution in [1.29, 1.82) is 0 Å². The van der Waals surface area contributed by atoms with Crippen molar-refractivity contribution in [3.8, 4) is 11.1 Å². The molecule has 0 radical (unpaired) electrons. The number of piperidine rings is 1. The van der Waals surface area contributed by atoms with Gasteiger partial charge in [-0.3, -0.25) is 10.00 Å². The van der Waals surface area contributed by atoms with Gasteiger partial charge in [0.15, 0.2) is 0 Å². The van der Waals surface area contributed by atoms with E-state index >= 15 is 0 Å². The molecule has 3 aromatic rings. The number of aromatic amines is 1. The zero-order valence-corrected chi connectivity index (χ0v) is 16.1. The van der Waals surface area contributed by atoms with Crippen LogP contribution >= 0.6 is 0 Å². The van der Waals surface area contributed by atoms with Gasteiger partial charge >= 0.3 is 0 Å².